The van der Waals surface area contributed by atoms with Gasteiger partial charge in [0.1, 0.15) is 0 Å². The molecule has 2 heterocycles. The van der Waals surface area contributed by atoms with Crippen LogP contribution in [0.2, 0.25) is 0 Å². The summed E-state index contributed by atoms with van der Waals surface area (Å²) in [6.45, 7) is 1.90. The number of rotatable bonds is 5. The van der Waals surface area contributed by atoms with Crippen LogP contribution < -0.4 is 5.32 Å². The Morgan fingerprint density at radius 3 is 3.05 bits per heavy atom. The van der Waals surface area contributed by atoms with Gasteiger partial charge in [-0.1, -0.05) is 0 Å². The fourth-order valence-corrected chi connectivity index (χ4v) is 3.23. The van der Waals surface area contributed by atoms with Crippen molar-refractivity contribution in [2.45, 2.75) is 25.7 Å². The predicted octanol–water partition coefficient (Wildman–Crippen LogP) is 2.19. The van der Waals surface area contributed by atoms with Gasteiger partial charge in [0.05, 0.1) is 0 Å². The van der Waals surface area contributed by atoms with Crippen molar-refractivity contribution in [2.75, 3.05) is 19.6 Å². The number of hydrogen-bond acceptors (Lipinski definition) is 3. The number of hydrogen-bond donors (Lipinski definition) is 2. The first-order valence-corrected chi connectivity index (χ1v) is 7.85. The lowest BCUT2D eigenvalue weighted by Gasteiger charge is -2.32. The Labute approximate surface area is 122 Å². The minimum atomic E-state index is -0.783. The summed E-state index contributed by atoms with van der Waals surface area (Å²) in [6.07, 6.45) is 2.77. The number of likely N-dealkylation sites (tertiary alicyclic amines) is 1. The largest absolute Gasteiger partial charge is 0.481 e. The summed E-state index contributed by atoms with van der Waals surface area (Å²) in [5.74, 6) is -0.696. The zero-order valence-corrected chi connectivity index (χ0v) is 12.2. The van der Waals surface area contributed by atoms with E-state index in [0.29, 0.717) is 13.1 Å². The first-order chi connectivity index (χ1) is 9.65. The second kappa shape index (κ2) is 7.28. The second-order valence-electron chi connectivity index (χ2n) is 5.17. The van der Waals surface area contributed by atoms with E-state index in [4.69, 9.17) is 5.11 Å². The monoisotopic (exact) mass is 296 g/mol. The molecular formula is C14H20N2O3S. The molecule has 0 aliphatic carbocycles. The van der Waals surface area contributed by atoms with Crippen molar-refractivity contribution < 1.29 is 14.7 Å². The maximum absolute atomic E-state index is 12.0. The molecule has 1 atom stereocenters. The molecule has 0 radical (unpaired) electrons. The average molecular weight is 296 g/mol. The fourth-order valence-electron chi connectivity index (χ4n) is 2.52. The molecule has 1 aromatic heterocycles. The zero-order chi connectivity index (χ0) is 14.4. The standard InChI is InChI=1S/C14H20N2O3S/c17-13(18)8-12-2-1-6-16(9-12)14(19)15-5-3-11-4-7-20-10-11/h4,7,10,12H,1-3,5-6,8-9H2,(H,15,19)(H,17,18). The van der Waals surface area contributed by atoms with Crippen molar-refractivity contribution in [1.82, 2.24) is 10.2 Å². The Kier molecular flexibility index (Phi) is 5.40. The molecule has 2 amide bonds. The molecule has 1 aromatic rings. The van der Waals surface area contributed by atoms with E-state index in [0.717, 1.165) is 25.8 Å². The molecule has 1 fully saturated rings. The molecule has 2 rings (SSSR count). The summed E-state index contributed by atoms with van der Waals surface area (Å²) < 4.78 is 0. The van der Waals surface area contributed by atoms with Gasteiger partial charge in [0.2, 0.25) is 0 Å². The number of carboxylic acid groups (broad SMARTS) is 1. The topological polar surface area (TPSA) is 69.6 Å². The number of piperidine rings is 1. The lowest BCUT2D eigenvalue weighted by Crippen LogP contribution is -2.46. The molecule has 2 N–H and O–H groups in total. The van der Waals surface area contributed by atoms with Gasteiger partial charge in [0, 0.05) is 26.1 Å². The third kappa shape index (κ3) is 4.52. The van der Waals surface area contributed by atoms with Crippen LogP contribution in [0.5, 0.6) is 0 Å². The van der Waals surface area contributed by atoms with Crippen molar-refractivity contribution in [2.24, 2.45) is 5.92 Å². The molecule has 1 unspecified atom stereocenters. The summed E-state index contributed by atoms with van der Waals surface area (Å²) in [5, 5.41) is 15.8. The highest BCUT2D eigenvalue weighted by molar-refractivity contribution is 7.07. The van der Waals surface area contributed by atoms with E-state index >= 15 is 0 Å². The van der Waals surface area contributed by atoms with Crippen molar-refractivity contribution in [3.63, 3.8) is 0 Å². The number of thiophene rings is 1. The van der Waals surface area contributed by atoms with Crippen molar-refractivity contribution in [3.05, 3.63) is 22.4 Å². The predicted molar refractivity (Wildman–Crippen MR) is 78.0 cm³/mol. The summed E-state index contributed by atoms with van der Waals surface area (Å²) in [4.78, 5) is 24.5. The molecule has 20 heavy (non-hydrogen) atoms. The van der Waals surface area contributed by atoms with E-state index in [9.17, 15) is 9.59 Å². The highest BCUT2D eigenvalue weighted by atomic mass is 32.1. The minimum absolute atomic E-state index is 0.0738. The van der Waals surface area contributed by atoms with Crippen LogP contribution in [0.3, 0.4) is 0 Å². The van der Waals surface area contributed by atoms with E-state index in [1.165, 1.54) is 5.56 Å². The molecule has 0 bridgehead atoms. The molecule has 110 valence electrons. The van der Waals surface area contributed by atoms with Crippen LogP contribution in [-0.2, 0) is 11.2 Å². The summed E-state index contributed by atoms with van der Waals surface area (Å²) in [5.41, 5.74) is 1.23. The number of amides is 2. The summed E-state index contributed by atoms with van der Waals surface area (Å²) >= 11 is 1.65. The van der Waals surface area contributed by atoms with Gasteiger partial charge in [-0.2, -0.15) is 11.3 Å². The van der Waals surface area contributed by atoms with E-state index in [2.05, 4.69) is 16.8 Å². The number of urea groups is 1. The quantitative estimate of drug-likeness (QED) is 0.875. The molecule has 0 spiro atoms. The van der Waals surface area contributed by atoms with Gasteiger partial charge in [-0.15, -0.1) is 0 Å². The smallest absolute Gasteiger partial charge is 0.317 e. The zero-order valence-electron chi connectivity index (χ0n) is 11.4. The Hall–Kier alpha value is -1.56. The van der Waals surface area contributed by atoms with Gasteiger partial charge in [-0.3, -0.25) is 4.79 Å². The minimum Gasteiger partial charge on any atom is -0.481 e. The number of carbonyl (C=O) groups is 2. The first-order valence-electron chi connectivity index (χ1n) is 6.91. The van der Waals surface area contributed by atoms with Crippen LogP contribution in [0.4, 0.5) is 4.79 Å². The van der Waals surface area contributed by atoms with E-state index in [-0.39, 0.29) is 18.4 Å². The Morgan fingerprint density at radius 1 is 1.50 bits per heavy atom. The Morgan fingerprint density at radius 2 is 2.35 bits per heavy atom. The lowest BCUT2D eigenvalue weighted by atomic mass is 9.95. The van der Waals surface area contributed by atoms with Crippen LogP contribution >= 0.6 is 11.3 Å². The van der Waals surface area contributed by atoms with Crippen LogP contribution in [0, 0.1) is 5.92 Å². The molecule has 6 heteroatoms. The molecule has 1 aliphatic rings. The number of carboxylic acids is 1. The molecule has 1 saturated heterocycles. The molecular weight excluding hydrogens is 276 g/mol. The number of aliphatic carboxylic acids is 1. The first kappa shape index (κ1) is 14.8. The summed E-state index contributed by atoms with van der Waals surface area (Å²) in [7, 11) is 0. The average Bonchev–Trinajstić information content (AvgIpc) is 2.91. The number of carbonyl (C=O) groups excluding carboxylic acids is 1. The Bertz CT molecular complexity index is 447. The second-order valence-corrected chi connectivity index (χ2v) is 5.95. The highest BCUT2D eigenvalue weighted by Crippen LogP contribution is 2.19. The maximum atomic E-state index is 12.0. The SMILES string of the molecule is O=C(O)CC1CCCN(C(=O)NCCc2ccsc2)C1. The van der Waals surface area contributed by atoms with E-state index in [1.54, 1.807) is 16.2 Å². The molecule has 0 saturated carbocycles. The van der Waals surface area contributed by atoms with E-state index < -0.39 is 5.97 Å². The van der Waals surface area contributed by atoms with Crippen LogP contribution in [-0.4, -0.2) is 41.6 Å². The normalized spacial score (nSPS) is 18.8. The third-order valence-corrected chi connectivity index (χ3v) is 4.27. The van der Waals surface area contributed by atoms with Gasteiger partial charge < -0.3 is 15.3 Å². The fraction of sp³-hybridized carbons (Fsp3) is 0.571. The van der Waals surface area contributed by atoms with Gasteiger partial charge in [0.25, 0.3) is 0 Å². The van der Waals surface area contributed by atoms with E-state index in [1.807, 2.05) is 5.38 Å². The number of nitrogens with zero attached hydrogens (tertiary/aromatic N) is 1. The van der Waals surface area contributed by atoms with Crippen LogP contribution in [0.15, 0.2) is 16.8 Å². The lowest BCUT2D eigenvalue weighted by molar-refractivity contribution is -0.138. The molecule has 0 aromatic carbocycles. The van der Waals surface area contributed by atoms with Crippen LogP contribution in [0.1, 0.15) is 24.8 Å². The van der Waals surface area contributed by atoms with Gasteiger partial charge >= 0.3 is 12.0 Å². The van der Waals surface area contributed by atoms with Gasteiger partial charge in [-0.05, 0) is 47.6 Å². The van der Waals surface area contributed by atoms with Gasteiger partial charge in [-0.25, -0.2) is 4.79 Å². The van der Waals surface area contributed by atoms with Crippen molar-refractivity contribution >= 4 is 23.3 Å². The van der Waals surface area contributed by atoms with Crippen molar-refractivity contribution in [1.29, 1.82) is 0 Å². The van der Waals surface area contributed by atoms with Crippen molar-refractivity contribution in [3.8, 4) is 0 Å². The third-order valence-electron chi connectivity index (χ3n) is 3.54. The maximum Gasteiger partial charge on any atom is 0.317 e. The Balaban J connectivity index is 1.72. The number of nitrogens with one attached hydrogen (secondary N) is 1. The molecule has 1 aliphatic heterocycles. The van der Waals surface area contributed by atoms with Gasteiger partial charge in [0.15, 0.2) is 0 Å². The van der Waals surface area contributed by atoms with Crippen LogP contribution in [0.25, 0.3) is 0 Å². The summed E-state index contributed by atoms with van der Waals surface area (Å²) in [6, 6.07) is 1.98. The molecule has 5 nitrogen and oxygen atoms in total. The highest BCUT2D eigenvalue weighted by Gasteiger charge is 2.24.